The highest BCUT2D eigenvalue weighted by Crippen LogP contribution is 2.32. The fourth-order valence-electron chi connectivity index (χ4n) is 4.85. The van der Waals surface area contributed by atoms with E-state index in [9.17, 15) is 9.59 Å². The summed E-state index contributed by atoms with van der Waals surface area (Å²) >= 11 is 0. The number of amides is 2. The molecule has 8 heteroatoms. The molecule has 2 aliphatic heterocycles. The molecule has 0 bridgehead atoms. The van der Waals surface area contributed by atoms with Gasteiger partial charge in [-0.15, -0.1) is 0 Å². The topological polar surface area (TPSA) is 83.1 Å². The van der Waals surface area contributed by atoms with Gasteiger partial charge in [0.1, 0.15) is 0 Å². The van der Waals surface area contributed by atoms with Crippen molar-refractivity contribution in [3.05, 3.63) is 47.5 Å². The number of likely N-dealkylation sites (tertiary alicyclic amines) is 1. The Bertz CT molecular complexity index is 1040. The molecule has 182 valence electrons. The van der Waals surface area contributed by atoms with Gasteiger partial charge in [-0.3, -0.25) is 14.5 Å². The average molecular weight is 467 g/mol. The van der Waals surface area contributed by atoms with Gasteiger partial charge in [-0.25, -0.2) is 0 Å². The Labute approximate surface area is 201 Å². The molecule has 8 nitrogen and oxygen atoms in total. The molecule has 2 amide bonds. The third-order valence-corrected chi connectivity index (χ3v) is 6.75. The van der Waals surface area contributed by atoms with E-state index in [0.717, 1.165) is 38.9 Å². The number of likely N-dealkylation sites (N-methyl/N-ethyl adjacent to an activating group) is 1. The number of piperidine rings is 1. The van der Waals surface area contributed by atoms with E-state index in [1.54, 1.807) is 25.3 Å². The summed E-state index contributed by atoms with van der Waals surface area (Å²) < 4.78 is 10.5. The maximum Gasteiger partial charge on any atom is 0.313 e. The molecule has 2 aliphatic rings. The van der Waals surface area contributed by atoms with Gasteiger partial charge in [-0.2, -0.15) is 0 Å². The van der Waals surface area contributed by atoms with E-state index in [0.29, 0.717) is 23.7 Å². The smallest absolute Gasteiger partial charge is 0.313 e. The van der Waals surface area contributed by atoms with Crippen LogP contribution in [0.2, 0.25) is 0 Å². The second-order valence-corrected chi connectivity index (χ2v) is 8.91. The van der Waals surface area contributed by atoms with Crippen molar-refractivity contribution in [2.75, 3.05) is 57.7 Å². The van der Waals surface area contributed by atoms with Crippen molar-refractivity contribution in [1.82, 2.24) is 10.2 Å². The Morgan fingerprint density at radius 3 is 2.44 bits per heavy atom. The van der Waals surface area contributed by atoms with Crippen molar-refractivity contribution >= 4 is 23.2 Å². The summed E-state index contributed by atoms with van der Waals surface area (Å²) in [5.74, 6) is -0.333. The molecule has 1 atom stereocenters. The molecular weight excluding hydrogens is 432 g/mol. The predicted molar refractivity (Wildman–Crippen MR) is 133 cm³/mol. The standard InChI is InChI=1S/C26H34N4O4/c1-29-14-11-19-15-18(7-9-21(19)29)22(30-12-5-4-6-13-30)17-27-25(31)26(32)28-20-8-10-23(33-2)24(16-20)34-3/h7-10,15-16,22H,4-6,11-14,17H2,1-3H3,(H,27,31)(H,28,32)/t22-/m1/s1. The Kier molecular flexibility index (Phi) is 7.57. The molecular formula is C26H34N4O4. The van der Waals surface area contributed by atoms with Gasteiger partial charge in [0.15, 0.2) is 11.5 Å². The minimum atomic E-state index is -0.708. The van der Waals surface area contributed by atoms with Crippen LogP contribution in [0.1, 0.15) is 36.4 Å². The summed E-state index contributed by atoms with van der Waals surface area (Å²) in [6.45, 7) is 3.40. The zero-order valence-electron chi connectivity index (χ0n) is 20.2. The van der Waals surface area contributed by atoms with Gasteiger partial charge in [0.25, 0.3) is 0 Å². The van der Waals surface area contributed by atoms with Crippen LogP contribution < -0.4 is 25.0 Å². The molecule has 4 rings (SSSR count). The van der Waals surface area contributed by atoms with Gasteiger partial charge in [0.2, 0.25) is 0 Å². The molecule has 2 heterocycles. The van der Waals surface area contributed by atoms with Crippen LogP contribution in [-0.4, -0.2) is 64.2 Å². The minimum absolute atomic E-state index is 0.0364. The van der Waals surface area contributed by atoms with Crippen molar-refractivity contribution in [3.8, 4) is 11.5 Å². The van der Waals surface area contributed by atoms with Gasteiger partial charge < -0.3 is 25.0 Å². The Morgan fingerprint density at radius 1 is 0.941 bits per heavy atom. The van der Waals surface area contributed by atoms with Gasteiger partial charge in [-0.05, 0) is 61.7 Å². The van der Waals surface area contributed by atoms with Gasteiger partial charge in [-0.1, -0.05) is 18.6 Å². The van der Waals surface area contributed by atoms with E-state index in [4.69, 9.17) is 9.47 Å². The lowest BCUT2D eigenvalue weighted by atomic mass is 9.98. The molecule has 1 fully saturated rings. The number of hydrogen-bond acceptors (Lipinski definition) is 6. The Morgan fingerprint density at radius 2 is 1.71 bits per heavy atom. The van der Waals surface area contributed by atoms with Crippen LogP contribution in [0.5, 0.6) is 11.5 Å². The van der Waals surface area contributed by atoms with Crippen LogP contribution >= 0.6 is 0 Å². The van der Waals surface area contributed by atoms with E-state index in [1.807, 2.05) is 0 Å². The zero-order chi connectivity index (χ0) is 24.1. The fourth-order valence-corrected chi connectivity index (χ4v) is 4.85. The molecule has 0 unspecified atom stereocenters. The number of ether oxygens (including phenoxy) is 2. The van der Waals surface area contributed by atoms with Crippen LogP contribution in [0.4, 0.5) is 11.4 Å². The molecule has 0 aliphatic carbocycles. The molecule has 0 spiro atoms. The maximum absolute atomic E-state index is 12.7. The van der Waals surface area contributed by atoms with Crippen LogP contribution in [0.25, 0.3) is 0 Å². The third-order valence-electron chi connectivity index (χ3n) is 6.75. The highest BCUT2D eigenvalue weighted by atomic mass is 16.5. The van der Waals surface area contributed by atoms with Crippen LogP contribution in [-0.2, 0) is 16.0 Å². The number of hydrogen-bond donors (Lipinski definition) is 2. The number of nitrogens with one attached hydrogen (secondary N) is 2. The molecule has 0 aromatic heterocycles. The number of rotatable bonds is 7. The summed E-state index contributed by atoms with van der Waals surface area (Å²) in [6.07, 6.45) is 4.57. The van der Waals surface area contributed by atoms with Gasteiger partial charge >= 0.3 is 11.8 Å². The van der Waals surface area contributed by atoms with Crippen molar-refractivity contribution in [3.63, 3.8) is 0 Å². The molecule has 34 heavy (non-hydrogen) atoms. The first-order valence-corrected chi connectivity index (χ1v) is 11.9. The first-order chi connectivity index (χ1) is 16.5. The summed E-state index contributed by atoms with van der Waals surface area (Å²) in [4.78, 5) is 29.9. The normalized spacial score (nSPS) is 16.5. The van der Waals surface area contributed by atoms with Gasteiger partial charge in [0, 0.05) is 37.6 Å². The number of fused-ring (bicyclic) bond motifs is 1. The molecule has 2 aromatic carbocycles. The largest absolute Gasteiger partial charge is 0.493 e. The van der Waals surface area contributed by atoms with E-state index >= 15 is 0 Å². The summed E-state index contributed by atoms with van der Waals surface area (Å²) in [6, 6.07) is 11.6. The van der Waals surface area contributed by atoms with Crippen LogP contribution in [0.15, 0.2) is 36.4 Å². The minimum Gasteiger partial charge on any atom is -0.493 e. The summed E-state index contributed by atoms with van der Waals surface area (Å²) in [5, 5.41) is 5.51. The molecule has 0 saturated carbocycles. The maximum atomic E-state index is 12.7. The number of carbonyl (C=O) groups excluding carboxylic acids is 2. The summed E-state index contributed by atoms with van der Waals surface area (Å²) in [7, 11) is 5.18. The van der Waals surface area contributed by atoms with Gasteiger partial charge in [0.05, 0.1) is 20.3 Å². The van der Waals surface area contributed by atoms with Crippen LogP contribution in [0, 0.1) is 0 Å². The lowest BCUT2D eigenvalue weighted by Crippen LogP contribution is -2.43. The van der Waals surface area contributed by atoms with E-state index in [-0.39, 0.29) is 6.04 Å². The van der Waals surface area contributed by atoms with E-state index in [2.05, 4.69) is 45.7 Å². The highest BCUT2D eigenvalue weighted by Gasteiger charge is 2.26. The van der Waals surface area contributed by atoms with Crippen molar-refractivity contribution in [2.24, 2.45) is 0 Å². The number of carbonyl (C=O) groups is 2. The first-order valence-electron chi connectivity index (χ1n) is 11.9. The quantitative estimate of drug-likeness (QED) is 0.611. The van der Waals surface area contributed by atoms with Crippen molar-refractivity contribution in [2.45, 2.75) is 31.7 Å². The lowest BCUT2D eigenvalue weighted by Gasteiger charge is -2.35. The van der Waals surface area contributed by atoms with Crippen LogP contribution in [0.3, 0.4) is 0 Å². The lowest BCUT2D eigenvalue weighted by molar-refractivity contribution is -0.136. The van der Waals surface area contributed by atoms with E-state index < -0.39 is 11.8 Å². The number of benzene rings is 2. The van der Waals surface area contributed by atoms with Crippen molar-refractivity contribution in [1.29, 1.82) is 0 Å². The predicted octanol–water partition coefficient (Wildman–Crippen LogP) is 2.98. The fraction of sp³-hybridized carbons (Fsp3) is 0.462. The molecule has 2 N–H and O–H groups in total. The number of methoxy groups -OCH3 is 2. The second-order valence-electron chi connectivity index (χ2n) is 8.91. The Balaban J connectivity index is 1.43. The average Bonchev–Trinajstić information content (AvgIpc) is 3.24. The third kappa shape index (κ3) is 5.28. The molecule has 0 radical (unpaired) electrons. The zero-order valence-corrected chi connectivity index (χ0v) is 20.2. The summed E-state index contributed by atoms with van der Waals surface area (Å²) in [5.41, 5.74) is 4.28. The second kappa shape index (κ2) is 10.8. The number of nitrogens with zero attached hydrogens (tertiary/aromatic N) is 2. The highest BCUT2D eigenvalue weighted by molar-refractivity contribution is 6.39. The number of anilines is 2. The molecule has 1 saturated heterocycles. The molecule has 2 aromatic rings. The van der Waals surface area contributed by atoms with E-state index in [1.165, 1.54) is 30.3 Å². The monoisotopic (exact) mass is 466 g/mol. The SMILES string of the molecule is COc1ccc(NC(=O)C(=O)NC[C@H](c2ccc3c(c2)CCN3C)N2CCCCC2)cc1OC. The first kappa shape index (κ1) is 23.9. The van der Waals surface area contributed by atoms with Crippen molar-refractivity contribution < 1.29 is 19.1 Å². The Hall–Kier alpha value is -3.26.